The minimum absolute atomic E-state index is 0.00876. The molecule has 1 atom stereocenters. The summed E-state index contributed by atoms with van der Waals surface area (Å²) in [7, 11) is 0. The zero-order chi connectivity index (χ0) is 18.6. The topological polar surface area (TPSA) is 77.9 Å². The molecule has 0 aliphatic carbocycles. The third kappa shape index (κ3) is 4.78. The predicted octanol–water partition coefficient (Wildman–Crippen LogP) is 2.14. The maximum Gasteiger partial charge on any atom is 0.305 e. The van der Waals surface area contributed by atoms with Crippen molar-refractivity contribution in [1.29, 1.82) is 0 Å². The van der Waals surface area contributed by atoms with Crippen LogP contribution in [0.5, 0.6) is 0 Å². The highest BCUT2D eigenvalue weighted by Gasteiger charge is 2.38. The molecule has 6 nitrogen and oxygen atoms in total. The number of amides is 2. The van der Waals surface area contributed by atoms with E-state index in [1.807, 2.05) is 13.8 Å². The third-order valence-electron chi connectivity index (χ3n) is 4.11. The van der Waals surface area contributed by atoms with Crippen LogP contribution in [0.4, 0.5) is 10.1 Å². The number of hydrogen-bond acceptors (Lipinski definition) is 3. The van der Waals surface area contributed by atoms with Crippen molar-refractivity contribution in [1.82, 2.24) is 4.90 Å². The molecule has 1 aliphatic heterocycles. The molecule has 1 fully saturated rings. The van der Waals surface area contributed by atoms with Gasteiger partial charge >= 0.3 is 5.97 Å². The van der Waals surface area contributed by atoms with Gasteiger partial charge in [0.05, 0.1) is 18.0 Å². The Labute approximate surface area is 146 Å². The zero-order valence-electron chi connectivity index (χ0n) is 14.4. The van der Waals surface area contributed by atoms with Gasteiger partial charge in [0.2, 0.25) is 11.8 Å². The Morgan fingerprint density at radius 1 is 1.36 bits per heavy atom. The number of carbonyl (C=O) groups is 3. The Balaban J connectivity index is 2.11. The van der Waals surface area contributed by atoms with Gasteiger partial charge in [-0.2, -0.15) is 0 Å². The van der Waals surface area contributed by atoms with Crippen LogP contribution in [0, 0.1) is 17.7 Å². The summed E-state index contributed by atoms with van der Waals surface area (Å²) < 4.78 is 13.9. The highest BCUT2D eigenvalue weighted by molar-refractivity contribution is 6.00. The summed E-state index contributed by atoms with van der Waals surface area (Å²) in [4.78, 5) is 38.6. The number of carboxylic acid groups (broad SMARTS) is 1. The Bertz CT molecular complexity index is 662. The number of para-hydroxylation sites is 1. The molecule has 1 aromatic carbocycles. The molecule has 7 heteroatoms. The molecule has 1 aliphatic rings. The lowest BCUT2D eigenvalue weighted by Gasteiger charge is -2.26. The van der Waals surface area contributed by atoms with E-state index in [2.05, 4.69) is 0 Å². The van der Waals surface area contributed by atoms with E-state index >= 15 is 0 Å². The van der Waals surface area contributed by atoms with Gasteiger partial charge in [-0.3, -0.25) is 14.4 Å². The van der Waals surface area contributed by atoms with Gasteiger partial charge in [0.25, 0.3) is 0 Å². The summed E-state index contributed by atoms with van der Waals surface area (Å²) in [6.45, 7) is 4.52. The Kier molecular flexibility index (Phi) is 6.12. The van der Waals surface area contributed by atoms with E-state index in [0.29, 0.717) is 6.54 Å². The maximum absolute atomic E-state index is 13.9. The molecule has 0 spiro atoms. The molecule has 136 valence electrons. The number of halogens is 1. The zero-order valence-corrected chi connectivity index (χ0v) is 14.4. The number of aliphatic carboxylic acids is 1. The van der Waals surface area contributed by atoms with E-state index in [1.54, 1.807) is 6.07 Å². The number of hydrogen-bond donors (Lipinski definition) is 1. The minimum Gasteiger partial charge on any atom is -0.481 e. The van der Waals surface area contributed by atoms with Crippen LogP contribution in [0.1, 0.15) is 26.7 Å². The minimum atomic E-state index is -0.975. The van der Waals surface area contributed by atoms with Crippen molar-refractivity contribution >= 4 is 23.5 Å². The van der Waals surface area contributed by atoms with Crippen molar-refractivity contribution in [2.45, 2.75) is 26.7 Å². The first-order chi connectivity index (χ1) is 11.8. The fraction of sp³-hybridized carbons (Fsp3) is 0.500. The molecule has 2 rings (SSSR count). The molecule has 1 N–H and O–H groups in total. The highest BCUT2D eigenvalue weighted by atomic mass is 19.1. The van der Waals surface area contributed by atoms with Gasteiger partial charge in [0.15, 0.2) is 0 Å². The van der Waals surface area contributed by atoms with Gasteiger partial charge in [-0.15, -0.1) is 0 Å². The molecule has 1 heterocycles. The number of anilines is 1. The second kappa shape index (κ2) is 8.09. The van der Waals surface area contributed by atoms with E-state index in [1.165, 1.54) is 28.0 Å². The number of carboxylic acids is 1. The SMILES string of the molecule is CC(C)CN(CCC(=O)O)C(=O)C1CC(=O)N(c2ccccc2F)C1. The van der Waals surface area contributed by atoms with Crippen molar-refractivity contribution in [2.24, 2.45) is 11.8 Å². The van der Waals surface area contributed by atoms with Gasteiger partial charge in [0.1, 0.15) is 5.82 Å². The van der Waals surface area contributed by atoms with Crippen molar-refractivity contribution in [3.05, 3.63) is 30.1 Å². The number of benzene rings is 1. The fourth-order valence-electron chi connectivity index (χ4n) is 3.00. The van der Waals surface area contributed by atoms with Crippen LogP contribution in [0.25, 0.3) is 0 Å². The molecule has 0 radical (unpaired) electrons. The van der Waals surface area contributed by atoms with Crippen LogP contribution in [0.15, 0.2) is 24.3 Å². The summed E-state index contributed by atoms with van der Waals surface area (Å²) >= 11 is 0. The van der Waals surface area contributed by atoms with Crippen LogP contribution in [0.2, 0.25) is 0 Å². The molecule has 1 unspecified atom stereocenters. The molecule has 1 saturated heterocycles. The molecule has 25 heavy (non-hydrogen) atoms. The second-order valence-electron chi connectivity index (χ2n) is 6.68. The molecule has 0 aromatic heterocycles. The quantitative estimate of drug-likeness (QED) is 0.817. The number of rotatable bonds is 7. The average Bonchev–Trinajstić information content (AvgIpc) is 2.92. The lowest BCUT2D eigenvalue weighted by molar-refractivity contribution is -0.140. The second-order valence-corrected chi connectivity index (χ2v) is 6.68. The van der Waals surface area contributed by atoms with E-state index in [9.17, 15) is 18.8 Å². The van der Waals surface area contributed by atoms with Gasteiger partial charge in [-0.25, -0.2) is 4.39 Å². The molecule has 2 amide bonds. The van der Waals surface area contributed by atoms with Crippen LogP contribution in [-0.2, 0) is 14.4 Å². The standard InChI is InChI=1S/C18H23FN2O4/c1-12(2)10-20(8-7-17(23)24)18(25)13-9-16(22)21(11-13)15-6-4-3-5-14(15)19/h3-6,12-13H,7-11H2,1-2H3,(H,23,24). The predicted molar refractivity (Wildman–Crippen MR) is 90.5 cm³/mol. The first-order valence-corrected chi connectivity index (χ1v) is 8.35. The number of nitrogens with zero attached hydrogens (tertiary/aromatic N) is 2. The highest BCUT2D eigenvalue weighted by Crippen LogP contribution is 2.28. The first kappa shape index (κ1) is 18.9. The summed E-state index contributed by atoms with van der Waals surface area (Å²) in [6, 6.07) is 5.96. The van der Waals surface area contributed by atoms with Crippen LogP contribution in [0.3, 0.4) is 0 Å². The van der Waals surface area contributed by atoms with E-state index in [0.717, 1.165) is 0 Å². The molecule has 0 bridgehead atoms. The largest absolute Gasteiger partial charge is 0.481 e. The van der Waals surface area contributed by atoms with Gasteiger partial charge < -0.3 is 14.9 Å². The summed E-state index contributed by atoms with van der Waals surface area (Å²) in [5.41, 5.74) is 0.170. The molecule has 1 aromatic rings. The molecule has 0 saturated carbocycles. The van der Waals surface area contributed by atoms with Gasteiger partial charge in [-0.1, -0.05) is 26.0 Å². The Hall–Kier alpha value is -2.44. The average molecular weight is 350 g/mol. The van der Waals surface area contributed by atoms with Crippen LogP contribution >= 0.6 is 0 Å². The maximum atomic E-state index is 13.9. The fourth-order valence-corrected chi connectivity index (χ4v) is 3.00. The van der Waals surface area contributed by atoms with Crippen molar-refractivity contribution in [3.63, 3.8) is 0 Å². The lowest BCUT2D eigenvalue weighted by atomic mass is 10.1. The smallest absolute Gasteiger partial charge is 0.305 e. The molecular weight excluding hydrogens is 327 g/mol. The van der Waals surface area contributed by atoms with E-state index in [4.69, 9.17) is 5.11 Å². The Morgan fingerprint density at radius 2 is 2.04 bits per heavy atom. The summed E-state index contributed by atoms with van der Waals surface area (Å²) in [5, 5.41) is 8.86. The first-order valence-electron chi connectivity index (χ1n) is 8.35. The summed E-state index contributed by atoms with van der Waals surface area (Å²) in [5.74, 6) is -2.43. The van der Waals surface area contributed by atoms with Gasteiger partial charge in [0, 0.05) is 26.1 Å². The lowest BCUT2D eigenvalue weighted by Crippen LogP contribution is -2.40. The van der Waals surface area contributed by atoms with Crippen molar-refractivity contribution in [3.8, 4) is 0 Å². The molecular formula is C18H23FN2O4. The number of carbonyl (C=O) groups excluding carboxylic acids is 2. The van der Waals surface area contributed by atoms with Crippen molar-refractivity contribution < 1.29 is 23.9 Å². The van der Waals surface area contributed by atoms with E-state index in [-0.39, 0.29) is 49.4 Å². The summed E-state index contributed by atoms with van der Waals surface area (Å²) in [6.07, 6.45) is -0.134. The van der Waals surface area contributed by atoms with Crippen LogP contribution in [-0.4, -0.2) is 47.4 Å². The third-order valence-corrected chi connectivity index (χ3v) is 4.11. The van der Waals surface area contributed by atoms with Crippen molar-refractivity contribution in [2.75, 3.05) is 24.5 Å². The normalized spacial score (nSPS) is 17.2. The van der Waals surface area contributed by atoms with Gasteiger partial charge in [-0.05, 0) is 18.1 Å². The monoisotopic (exact) mass is 350 g/mol. The Morgan fingerprint density at radius 3 is 2.64 bits per heavy atom. The van der Waals surface area contributed by atoms with E-state index < -0.39 is 17.7 Å². The van der Waals surface area contributed by atoms with Crippen LogP contribution < -0.4 is 4.90 Å².